The molecular formula is C20H28N2O3. The van der Waals surface area contributed by atoms with Crippen molar-refractivity contribution in [3.8, 4) is 0 Å². The number of carbonyl (C=O) groups excluding carboxylic acids is 2. The Hall–Kier alpha value is -1.88. The van der Waals surface area contributed by atoms with Gasteiger partial charge in [0, 0.05) is 33.1 Å². The van der Waals surface area contributed by atoms with Crippen LogP contribution in [0, 0.1) is 11.8 Å². The van der Waals surface area contributed by atoms with Crippen LogP contribution in [0.3, 0.4) is 0 Å². The van der Waals surface area contributed by atoms with E-state index in [-0.39, 0.29) is 18.4 Å². The van der Waals surface area contributed by atoms with Crippen LogP contribution in [0.2, 0.25) is 0 Å². The lowest BCUT2D eigenvalue weighted by atomic mass is 9.84. The smallest absolute Gasteiger partial charge is 0.248 e. The number of carbonyl (C=O) groups is 2. The number of piperidine rings is 1. The summed E-state index contributed by atoms with van der Waals surface area (Å²) in [5.41, 5.74) is 1.09. The van der Waals surface area contributed by atoms with Gasteiger partial charge in [0.05, 0.1) is 6.61 Å². The monoisotopic (exact) mass is 344 g/mol. The number of amides is 2. The molecule has 2 saturated heterocycles. The average molecular weight is 344 g/mol. The summed E-state index contributed by atoms with van der Waals surface area (Å²) in [7, 11) is 0. The summed E-state index contributed by atoms with van der Waals surface area (Å²) in [5.74, 6) is 1.49. The van der Waals surface area contributed by atoms with Crippen molar-refractivity contribution in [3.63, 3.8) is 0 Å². The zero-order chi connectivity index (χ0) is 17.6. The highest BCUT2D eigenvalue weighted by Crippen LogP contribution is 2.31. The fourth-order valence-corrected chi connectivity index (χ4v) is 4.01. The van der Waals surface area contributed by atoms with Gasteiger partial charge in [0.2, 0.25) is 11.8 Å². The summed E-state index contributed by atoms with van der Waals surface area (Å²) in [6, 6.07) is 9.93. The molecule has 2 amide bonds. The van der Waals surface area contributed by atoms with Crippen LogP contribution in [-0.4, -0.2) is 54.4 Å². The number of likely N-dealkylation sites (tertiary alicyclic amines) is 2. The Balaban J connectivity index is 1.39. The van der Waals surface area contributed by atoms with Gasteiger partial charge in [-0.05, 0) is 36.7 Å². The Bertz CT molecular complexity index is 582. The van der Waals surface area contributed by atoms with Crippen molar-refractivity contribution in [2.45, 2.75) is 32.8 Å². The molecule has 2 fully saturated rings. The first-order valence-electron chi connectivity index (χ1n) is 9.28. The predicted molar refractivity (Wildman–Crippen MR) is 95.8 cm³/mol. The van der Waals surface area contributed by atoms with Gasteiger partial charge in [0.15, 0.2) is 0 Å². The standard InChI is InChI=1S/C20H28N2O3/c1-16(23)21-10-7-18(8-11-21)19-9-12-22(13-19)20(24)15-25-14-17-5-3-2-4-6-17/h2-6,18-19H,7-15H2,1H3. The molecule has 1 aromatic carbocycles. The van der Waals surface area contributed by atoms with Gasteiger partial charge in [-0.25, -0.2) is 0 Å². The van der Waals surface area contributed by atoms with Crippen LogP contribution in [0.1, 0.15) is 31.7 Å². The van der Waals surface area contributed by atoms with E-state index in [1.165, 1.54) is 0 Å². The third-order valence-electron chi connectivity index (χ3n) is 5.57. The molecule has 0 N–H and O–H groups in total. The van der Waals surface area contributed by atoms with E-state index in [2.05, 4.69) is 0 Å². The maximum atomic E-state index is 12.4. The molecule has 3 rings (SSSR count). The van der Waals surface area contributed by atoms with Crippen molar-refractivity contribution in [1.82, 2.24) is 9.80 Å². The van der Waals surface area contributed by atoms with E-state index in [1.54, 1.807) is 6.92 Å². The number of rotatable bonds is 5. The minimum atomic E-state index is 0.0969. The van der Waals surface area contributed by atoms with Gasteiger partial charge < -0.3 is 14.5 Å². The largest absolute Gasteiger partial charge is 0.367 e. The molecule has 2 heterocycles. The lowest BCUT2D eigenvalue weighted by molar-refractivity contribution is -0.135. The number of hydrogen-bond donors (Lipinski definition) is 0. The normalized spacial score (nSPS) is 21.6. The van der Waals surface area contributed by atoms with Gasteiger partial charge in [-0.1, -0.05) is 30.3 Å². The molecule has 136 valence electrons. The summed E-state index contributed by atoms with van der Waals surface area (Å²) in [6.07, 6.45) is 3.21. The van der Waals surface area contributed by atoms with Gasteiger partial charge in [-0.2, -0.15) is 0 Å². The van der Waals surface area contributed by atoms with E-state index in [9.17, 15) is 9.59 Å². The fourth-order valence-electron chi connectivity index (χ4n) is 4.01. The lowest BCUT2D eigenvalue weighted by Gasteiger charge is -2.34. The van der Waals surface area contributed by atoms with E-state index >= 15 is 0 Å². The van der Waals surface area contributed by atoms with Crippen LogP contribution in [0.25, 0.3) is 0 Å². The van der Waals surface area contributed by atoms with Crippen molar-refractivity contribution >= 4 is 11.8 Å². The van der Waals surface area contributed by atoms with Crippen molar-refractivity contribution < 1.29 is 14.3 Å². The first-order valence-corrected chi connectivity index (χ1v) is 9.28. The molecule has 0 bridgehead atoms. The minimum Gasteiger partial charge on any atom is -0.367 e. The Morgan fingerprint density at radius 1 is 1.00 bits per heavy atom. The van der Waals surface area contributed by atoms with E-state index < -0.39 is 0 Å². The fraction of sp³-hybridized carbons (Fsp3) is 0.600. The summed E-state index contributed by atoms with van der Waals surface area (Å²) in [6.45, 7) is 5.70. The Morgan fingerprint density at radius 2 is 1.64 bits per heavy atom. The number of ether oxygens (including phenoxy) is 1. The second-order valence-electron chi connectivity index (χ2n) is 7.21. The molecule has 2 aliphatic heterocycles. The molecule has 2 aliphatic rings. The highest BCUT2D eigenvalue weighted by molar-refractivity contribution is 5.77. The zero-order valence-electron chi connectivity index (χ0n) is 15.0. The molecule has 1 aromatic rings. The predicted octanol–water partition coefficient (Wildman–Crippen LogP) is 2.31. The highest BCUT2D eigenvalue weighted by Gasteiger charge is 2.33. The molecule has 0 radical (unpaired) electrons. The van der Waals surface area contributed by atoms with Gasteiger partial charge in [0.25, 0.3) is 0 Å². The summed E-state index contributed by atoms with van der Waals surface area (Å²) >= 11 is 0. The van der Waals surface area contributed by atoms with E-state index in [0.717, 1.165) is 51.0 Å². The van der Waals surface area contributed by atoms with Crippen molar-refractivity contribution in [2.75, 3.05) is 32.8 Å². The molecular weight excluding hydrogens is 316 g/mol. The van der Waals surface area contributed by atoms with E-state index in [0.29, 0.717) is 18.4 Å². The van der Waals surface area contributed by atoms with Crippen LogP contribution in [-0.2, 0) is 20.9 Å². The third-order valence-corrected chi connectivity index (χ3v) is 5.57. The highest BCUT2D eigenvalue weighted by atomic mass is 16.5. The quantitative estimate of drug-likeness (QED) is 0.824. The topological polar surface area (TPSA) is 49.9 Å². The van der Waals surface area contributed by atoms with Crippen molar-refractivity contribution in [1.29, 1.82) is 0 Å². The van der Waals surface area contributed by atoms with Crippen LogP contribution >= 0.6 is 0 Å². The average Bonchev–Trinajstić information content (AvgIpc) is 3.13. The Kier molecular flexibility index (Phi) is 6.08. The van der Waals surface area contributed by atoms with E-state index in [4.69, 9.17) is 4.74 Å². The Morgan fingerprint density at radius 3 is 2.32 bits per heavy atom. The number of hydrogen-bond acceptors (Lipinski definition) is 3. The second kappa shape index (κ2) is 8.48. The summed E-state index contributed by atoms with van der Waals surface area (Å²) in [5, 5.41) is 0. The number of benzene rings is 1. The molecule has 5 heteroatoms. The van der Waals surface area contributed by atoms with Gasteiger partial charge in [0.1, 0.15) is 6.61 Å². The van der Waals surface area contributed by atoms with Crippen molar-refractivity contribution in [3.05, 3.63) is 35.9 Å². The first kappa shape index (κ1) is 17.9. The molecule has 1 atom stereocenters. The molecule has 0 aromatic heterocycles. The van der Waals surface area contributed by atoms with Crippen LogP contribution in [0.5, 0.6) is 0 Å². The molecule has 1 unspecified atom stereocenters. The third kappa shape index (κ3) is 4.82. The number of nitrogens with zero attached hydrogens (tertiary/aromatic N) is 2. The second-order valence-corrected chi connectivity index (χ2v) is 7.21. The zero-order valence-corrected chi connectivity index (χ0v) is 15.0. The molecule has 5 nitrogen and oxygen atoms in total. The lowest BCUT2D eigenvalue weighted by Crippen LogP contribution is -2.39. The van der Waals surface area contributed by atoms with E-state index in [1.807, 2.05) is 40.1 Å². The minimum absolute atomic E-state index is 0.0969. The first-order chi connectivity index (χ1) is 12.1. The van der Waals surface area contributed by atoms with Crippen LogP contribution in [0.15, 0.2) is 30.3 Å². The molecule has 0 spiro atoms. The van der Waals surface area contributed by atoms with Gasteiger partial charge in [-0.3, -0.25) is 9.59 Å². The Labute approximate surface area is 149 Å². The van der Waals surface area contributed by atoms with Gasteiger partial charge in [-0.15, -0.1) is 0 Å². The maximum absolute atomic E-state index is 12.4. The van der Waals surface area contributed by atoms with Crippen LogP contribution in [0.4, 0.5) is 0 Å². The summed E-state index contributed by atoms with van der Waals surface area (Å²) in [4.78, 5) is 27.7. The van der Waals surface area contributed by atoms with Gasteiger partial charge >= 0.3 is 0 Å². The molecule has 0 aliphatic carbocycles. The SMILES string of the molecule is CC(=O)N1CCC(C2CCN(C(=O)COCc3ccccc3)C2)CC1. The summed E-state index contributed by atoms with van der Waals surface area (Å²) < 4.78 is 5.58. The van der Waals surface area contributed by atoms with Crippen LogP contribution < -0.4 is 0 Å². The van der Waals surface area contributed by atoms with Crippen molar-refractivity contribution in [2.24, 2.45) is 11.8 Å². The maximum Gasteiger partial charge on any atom is 0.248 e. The molecule has 0 saturated carbocycles. The molecule has 25 heavy (non-hydrogen) atoms.